The van der Waals surface area contributed by atoms with Crippen molar-refractivity contribution in [2.75, 3.05) is 20.3 Å². The molecule has 2 aromatic heterocycles. The maximum atomic E-state index is 5.46. The largest absolute Gasteiger partial charge is 0.484 e. The fourth-order valence-corrected chi connectivity index (χ4v) is 1.40. The van der Waals surface area contributed by atoms with Crippen LogP contribution in [0, 0.1) is 0 Å². The van der Waals surface area contributed by atoms with E-state index in [0.717, 1.165) is 12.2 Å². The molecule has 0 spiro atoms. The van der Waals surface area contributed by atoms with Crippen molar-refractivity contribution < 1.29 is 14.0 Å². The Morgan fingerprint density at radius 3 is 2.95 bits per heavy atom. The molecule has 2 rings (SSSR count). The van der Waals surface area contributed by atoms with E-state index in [1.165, 1.54) is 6.39 Å². The van der Waals surface area contributed by atoms with E-state index in [-0.39, 0.29) is 6.61 Å². The summed E-state index contributed by atoms with van der Waals surface area (Å²) in [4.78, 5) is 8.15. The molecule has 0 aliphatic carbocycles. The summed E-state index contributed by atoms with van der Waals surface area (Å²) in [7, 11) is 1.68. The van der Waals surface area contributed by atoms with E-state index in [1.807, 2.05) is 12.1 Å². The molecule has 0 aliphatic heterocycles. The summed E-state index contributed by atoms with van der Waals surface area (Å²) in [5.74, 6) is 1.18. The number of hydrogen-bond acceptors (Lipinski definition) is 7. The van der Waals surface area contributed by atoms with Crippen LogP contribution in [0.4, 0.5) is 0 Å². The van der Waals surface area contributed by atoms with Crippen molar-refractivity contribution in [2.45, 2.75) is 13.2 Å². The number of hydrogen-bond donors (Lipinski definition) is 1. The first-order valence-corrected chi connectivity index (χ1v) is 5.91. The first-order chi connectivity index (χ1) is 9.38. The lowest BCUT2D eigenvalue weighted by molar-refractivity contribution is 0.199. The monoisotopic (exact) mass is 264 g/mol. The summed E-state index contributed by atoms with van der Waals surface area (Å²) in [6.07, 6.45) is 2.94. The Kier molecular flexibility index (Phi) is 5.27. The van der Waals surface area contributed by atoms with Crippen molar-refractivity contribution in [3.8, 4) is 5.75 Å². The molecule has 0 fully saturated rings. The van der Waals surface area contributed by atoms with Crippen molar-refractivity contribution >= 4 is 0 Å². The molecular weight excluding hydrogens is 248 g/mol. The van der Waals surface area contributed by atoms with E-state index in [9.17, 15) is 0 Å². The normalized spacial score (nSPS) is 10.6. The van der Waals surface area contributed by atoms with E-state index in [2.05, 4.69) is 25.0 Å². The predicted molar refractivity (Wildman–Crippen MR) is 66.4 cm³/mol. The summed E-state index contributed by atoms with van der Waals surface area (Å²) in [5, 5.41) is 6.87. The summed E-state index contributed by atoms with van der Waals surface area (Å²) < 4.78 is 15.0. The minimum absolute atomic E-state index is 0.267. The third-order valence-electron chi connectivity index (χ3n) is 2.36. The third kappa shape index (κ3) is 4.65. The maximum absolute atomic E-state index is 5.46. The van der Waals surface area contributed by atoms with Crippen LogP contribution in [0.3, 0.4) is 0 Å². The molecule has 102 valence electrons. The highest BCUT2D eigenvalue weighted by Gasteiger charge is 2.01. The van der Waals surface area contributed by atoms with Crippen LogP contribution in [0.2, 0.25) is 0 Å². The van der Waals surface area contributed by atoms with E-state index >= 15 is 0 Å². The maximum Gasteiger partial charge on any atom is 0.213 e. The Hall–Kier alpha value is -1.99. The van der Waals surface area contributed by atoms with Gasteiger partial charge in [-0.15, -0.1) is 0 Å². The van der Waals surface area contributed by atoms with Gasteiger partial charge < -0.3 is 19.3 Å². The predicted octanol–water partition coefficient (Wildman–Crippen LogP) is 0.780. The summed E-state index contributed by atoms with van der Waals surface area (Å²) in [6, 6.07) is 3.77. The molecule has 0 atom stereocenters. The van der Waals surface area contributed by atoms with Gasteiger partial charge >= 0.3 is 0 Å². The van der Waals surface area contributed by atoms with Crippen LogP contribution in [0.5, 0.6) is 5.75 Å². The van der Waals surface area contributed by atoms with Crippen LogP contribution in [0.25, 0.3) is 0 Å². The lowest BCUT2D eigenvalue weighted by Crippen LogP contribution is -2.19. The number of nitrogens with zero attached hydrogens (tertiary/aromatic N) is 3. The fourth-order valence-electron chi connectivity index (χ4n) is 1.40. The Morgan fingerprint density at radius 1 is 1.32 bits per heavy atom. The van der Waals surface area contributed by atoms with E-state index in [4.69, 9.17) is 9.47 Å². The highest BCUT2D eigenvalue weighted by molar-refractivity contribution is 5.19. The average Bonchev–Trinajstić information content (AvgIpc) is 2.96. The van der Waals surface area contributed by atoms with Gasteiger partial charge in [0.25, 0.3) is 0 Å². The van der Waals surface area contributed by atoms with Crippen molar-refractivity contribution in [1.82, 2.24) is 20.4 Å². The second-order valence-electron chi connectivity index (χ2n) is 3.79. The van der Waals surface area contributed by atoms with Crippen molar-refractivity contribution in [3.05, 3.63) is 36.2 Å². The highest BCUT2D eigenvalue weighted by atomic mass is 16.5. The summed E-state index contributed by atoms with van der Waals surface area (Å²) in [5.41, 5.74) is 0.947. The molecular formula is C12H16N4O3. The summed E-state index contributed by atoms with van der Waals surface area (Å²) >= 11 is 0. The Morgan fingerprint density at radius 2 is 2.26 bits per heavy atom. The quantitative estimate of drug-likeness (QED) is 0.705. The first kappa shape index (κ1) is 13.4. The molecule has 7 heteroatoms. The van der Waals surface area contributed by atoms with Gasteiger partial charge in [0, 0.05) is 20.2 Å². The Balaban J connectivity index is 1.74. The van der Waals surface area contributed by atoms with Crippen LogP contribution in [0.1, 0.15) is 11.5 Å². The van der Waals surface area contributed by atoms with Gasteiger partial charge in [-0.3, -0.25) is 4.98 Å². The fraction of sp³-hybridized carbons (Fsp3) is 0.417. The van der Waals surface area contributed by atoms with Gasteiger partial charge in [-0.2, -0.15) is 4.98 Å². The van der Waals surface area contributed by atoms with E-state index in [1.54, 1.807) is 13.3 Å². The number of pyridine rings is 1. The molecule has 0 aliphatic rings. The molecule has 0 amide bonds. The van der Waals surface area contributed by atoms with Gasteiger partial charge in [-0.25, -0.2) is 0 Å². The molecule has 0 saturated carbocycles. The second-order valence-corrected chi connectivity index (χ2v) is 3.79. The number of ether oxygens (including phenoxy) is 2. The van der Waals surface area contributed by atoms with Gasteiger partial charge in [-0.05, 0) is 12.1 Å². The minimum Gasteiger partial charge on any atom is -0.484 e. The van der Waals surface area contributed by atoms with Crippen LogP contribution in [-0.4, -0.2) is 35.4 Å². The van der Waals surface area contributed by atoms with E-state index < -0.39 is 0 Å². The van der Waals surface area contributed by atoms with Crippen LogP contribution < -0.4 is 10.1 Å². The standard InChI is InChI=1S/C12H16N4O3/c1-17-5-4-13-6-10-2-3-11(7-14-10)18-8-12-15-9-19-16-12/h2-3,7,9,13H,4-6,8H2,1H3. The number of aromatic nitrogens is 3. The zero-order chi connectivity index (χ0) is 13.3. The van der Waals surface area contributed by atoms with Crippen LogP contribution in [-0.2, 0) is 17.9 Å². The zero-order valence-corrected chi connectivity index (χ0v) is 10.7. The van der Waals surface area contributed by atoms with Gasteiger partial charge in [0.2, 0.25) is 12.2 Å². The lowest BCUT2D eigenvalue weighted by Gasteiger charge is -2.05. The van der Waals surface area contributed by atoms with Gasteiger partial charge in [-0.1, -0.05) is 5.16 Å². The lowest BCUT2D eigenvalue weighted by atomic mass is 10.3. The molecule has 0 saturated heterocycles. The SMILES string of the molecule is COCCNCc1ccc(OCc2ncon2)cn1. The Labute approximate surface area is 110 Å². The minimum atomic E-state index is 0.267. The second kappa shape index (κ2) is 7.45. The van der Waals surface area contributed by atoms with Crippen molar-refractivity contribution in [3.63, 3.8) is 0 Å². The first-order valence-electron chi connectivity index (χ1n) is 5.91. The highest BCUT2D eigenvalue weighted by Crippen LogP contribution is 2.10. The molecule has 0 radical (unpaired) electrons. The Bertz CT molecular complexity index is 458. The molecule has 0 aromatic carbocycles. The third-order valence-corrected chi connectivity index (χ3v) is 2.36. The topological polar surface area (TPSA) is 82.3 Å². The number of rotatable bonds is 8. The number of nitrogens with one attached hydrogen (secondary N) is 1. The molecule has 0 bridgehead atoms. The molecule has 1 N–H and O–H groups in total. The van der Waals surface area contributed by atoms with Gasteiger partial charge in [0.1, 0.15) is 5.75 Å². The smallest absolute Gasteiger partial charge is 0.213 e. The molecule has 2 heterocycles. The van der Waals surface area contributed by atoms with Gasteiger partial charge in [0.15, 0.2) is 6.61 Å². The van der Waals surface area contributed by atoms with Crippen molar-refractivity contribution in [1.29, 1.82) is 0 Å². The zero-order valence-electron chi connectivity index (χ0n) is 10.7. The molecule has 7 nitrogen and oxygen atoms in total. The van der Waals surface area contributed by atoms with E-state index in [0.29, 0.717) is 24.7 Å². The molecule has 0 unspecified atom stereocenters. The summed E-state index contributed by atoms with van der Waals surface area (Å²) in [6.45, 7) is 2.46. The van der Waals surface area contributed by atoms with Crippen molar-refractivity contribution in [2.24, 2.45) is 0 Å². The average molecular weight is 264 g/mol. The van der Waals surface area contributed by atoms with Crippen LogP contribution >= 0.6 is 0 Å². The number of methoxy groups -OCH3 is 1. The van der Waals surface area contributed by atoms with Gasteiger partial charge in [0.05, 0.1) is 18.5 Å². The molecule has 2 aromatic rings. The van der Waals surface area contributed by atoms with Crippen LogP contribution in [0.15, 0.2) is 29.2 Å². The molecule has 19 heavy (non-hydrogen) atoms.